The quantitative estimate of drug-likeness (QED) is 0.896. The van der Waals surface area contributed by atoms with Gasteiger partial charge in [-0.05, 0) is 32.2 Å². The Morgan fingerprint density at radius 3 is 2.75 bits per heavy atom. The summed E-state index contributed by atoms with van der Waals surface area (Å²) in [4.78, 5) is 19.6. The molecule has 1 aliphatic carbocycles. The number of aromatic nitrogens is 1. The van der Waals surface area contributed by atoms with Crippen LogP contribution in [-0.2, 0) is 11.3 Å². The molecule has 0 spiro atoms. The number of hydrogen-bond donors (Lipinski definition) is 1. The van der Waals surface area contributed by atoms with Crippen LogP contribution in [0, 0.1) is 5.41 Å². The number of rotatable bonds is 4. The molecule has 5 heteroatoms. The van der Waals surface area contributed by atoms with E-state index in [0.29, 0.717) is 5.92 Å². The van der Waals surface area contributed by atoms with E-state index in [9.17, 15) is 4.79 Å². The first-order valence-corrected chi connectivity index (χ1v) is 10.3. The zero-order valence-corrected chi connectivity index (χ0v) is 16.1. The molecule has 1 atom stereocenters. The van der Waals surface area contributed by atoms with Crippen molar-refractivity contribution in [2.24, 2.45) is 5.41 Å². The highest BCUT2D eigenvalue weighted by Crippen LogP contribution is 2.35. The van der Waals surface area contributed by atoms with Gasteiger partial charge in [-0.15, -0.1) is 11.3 Å². The number of carbonyl (C=O) groups is 1. The Morgan fingerprint density at radius 1 is 1.29 bits per heavy atom. The summed E-state index contributed by atoms with van der Waals surface area (Å²) in [5, 5.41) is 6.81. The minimum Gasteiger partial charge on any atom is -0.352 e. The molecule has 1 aliphatic heterocycles. The van der Waals surface area contributed by atoms with Crippen molar-refractivity contribution in [3.63, 3.8) is 0 Å². The van der Waals surface area contributed by atoms with Crippen LogP contribution in [0.4, 0.5) is 0 Å². The smallest absolute Gasteiger partial charge is 0.225 e. The fourth-order valence-corrected chi connectivity index (χ4v) is 4.69. The van der Waals surface area contributed by atoms with Gasteiger partial charge in [0.25, 0.3) is 0 Å². The minimum atomic E-state index is -0.312. The van der Waals surface area contributed by atoms with E-state index in [0.717, 1.165) is 32.5 Å². The lowest BCUT2D eigenvalue weighted by Crippen LogP contribution is -2.50. The minimum absolute atomic E-state index is 0.159. The molecule has 1 N–H and O–H groups in total. The van der Waals surface area contributed by atoms with Gasteiger partial charge >= 0.3 is 0 Å². The molecular weight excluding hydrogens is 318 g/mol. The highest BCUT2D eigenvalue weighted by Gasteiger charge is 2.27. The number of nitrogens with zero attached hydrogens (tertiary/aromatic N) is 2. The second-order valence-corrected chi connectivity index (χ2v) is 9.35. The number of likely N-dealkylation sites (tertiary alicyclic amines) is 1. The summed E-state index contributed by atoms with van der Waals surface area (Å²) >= 11 is 1.84. The maximum Gasteiger partial charge on any atom is 0.225 e. The van der Waals surface area contributed by atoms with Crippen molar-refractivity contribution in [1.29, 1.82) is 0 Å². The SMILES string of the molecule is CC(C)(C)C(=O)NC1CCCN(Cc2csc(C3CCCC3)n2)C1. The Morgan fingerprint density at radius 2 is 2.04 bits per heavy atom. The molecule has 24 heavy (non-hydrogen) atoms. The Bertz CT molecular complexity index is 557. The third kappa shape index (κ3) is 4.57. The third-order valence-electron chi connectivity index (χ3n) is 5.18. The molecule has 134 valence electrons. The fourth-order valence-electron chi connectivity index (χ4n) is 3.70. The summed E-state index contributed by atoms with van der Waals surface area (Å²) < 4.78 is 0. The van der Waals surface area contributed by atoms with Gasteiger partial charge in [0.2, 0.25) is 5.91 Å². The van der Waals surface area contributed by atoms with Crippen LogP contribution in [0.15, 0.2) is 5.38 Å². The van der Waals surface area contributed by atoms with Crippen molar-refractivity contribution < 1.29 is 4.79 Å². The van der Waals surface area contributed by atoms with E-state index >= 15 is 0 Å². The van der Waals surface area contributed by atoms with E-state index in [1.54, 1.807) is 0 Å². The van der Waals surface area contributed by atoms with Crippen LogP contribution in [0.2, 0.25) is 0 Å². The monoisotopic (exact) mass is 349 g/mol. The van der Waals surface area contributed by atoms with E-state index in [1.807, 2.05) is 32.1 Å². The molecule has 2 fully saturated rings. The Hall–Kier alpha value is -0.940. The van der Waals surface area contributed by atoms with Gasteiger partial charge in [0.1, 0.15) is 0 Å². The lowest BCUT2D eigenvalue weighted by Gasteiger charge is -2.34. The normalized spacial score (nSPS) is 23.5. The second-order valence-electron chi connectivity index (χ2n) is 8.46. The Balaban J connectivity index is 1.52. The van der Waals surface area contributed by atoms with Gasteiger partial charge in [-0.3, -0.25) is 9.69 Å². The molecule has 1 amide bonds. The zero-order chi connectivity index (χ0) is 17.2. The maximum atomic E-state index is 12.2. The summed E-state index contributed by atoms with van der Waals surface area (Å²) in [6.07, 6.45) is 7.59. The summed E-state index contributed by atoms with van der Waals surface area (Å²) in [7, 11) is 0. The predicted octanol–water partition coefficient (Wildman–Crippen LogP) is 3.93. The van der Waals surface area contributed by atoms with E-state index in [-0.39, 0.29) is 17.4 Å². The van der Waals surface area contributed by atoms with E-state index in [4.69, 9.17) is 4.98 Å². The van der Waals surface area contributed by atoms with E-state index in [1.165, 1.54) is 36.4 Å². The van der Waals surface area contributed by atoms with Crippen molar-refractivity contribution in [2.75, 3.05) is 13.1 Å². The van der Waals surface area contributed by atoms with Crippen LogP contribution in [0.25, 0.3) is 0 Å². The summed E-state index contributed by atoms with van der Waals surface area (Å²) in [5.41, 5.74) is 0.901. The third-order valence-corrected chi connectivity index (χ3v) is 6.24. The van der Waals surface area contributed by atoms with Crippen molar-refractivity contribution in [3.05, 3.63) is 16.1 Å². The fraction of sp³-hybridized carbons (Fsp3) is 0.789. The number of piperidine rings is 1. The van der Waals surface area contributed by atoms with Crippen molar-refractivity contribution in [2.45, 2.75) is 77.8 Å². The first kappa shape index (κ1) is 17.9. The summed E-state index contributed by atoms with van der Waals surface area (Å²) in [6, 6.07) is 0.276. The van der Waals surface area contributed by atoms with Crippen molar-refractivity contribution in [3.8, 4) is 0 Å². The topological polar surface area (TPSA) is 45.2 Å². The molecule has 2 aliphatic rings. The zero-order valence-electron chi connectivity index (χ0n) is 15.3. The highest BCUT2D eigenvalue weighted by molar-refractivity contribution is 7.09. The molecule has 1 aromatic rings. The molecule has 2 heterocycles. The number of hydrogen-bond acceptors (Lipinski definition) is 4. The van der Waals surface area contributed by atoms with Crippen molar-refractivity contribution in [1.82, 2.24) is 15.2 Å². The second kappa shape index (κ2) is 7.52. The molecule has 4 nitrogen and oxygen atoms in total. The maximum absolute atomic E-state index is 12.2. The molecule has 1 unspecified atom stereocenters. The standard InChI is InChI=1S/C19H31N3OS/c1-19(2,3)18(23)21-15-9-6-10-22(11-15)12-16-13-24-17(20-16)14-7-4-5-8-14/h13-15H,4-12H2,1-3H3,(H,21,23). The molecule has 0 bridgehead atoms. The van der Waals surface area contributed by atoms with Crippen LogP contribution in [0.3, 0.4) is 0 Å². The molecule has 3 rings (SSSR count). The lowest BCUT2D eigenvalue weighted by atomic mass is 9.94. The molecule has 0 radical (unpaired) electrons. The Labute approximate surface area is 150 Å². The molecular formula is C19H31N3OS. The van der Waals surface area contributed by atoms with Crippen LogP contribution < -0.4 is 5.32 Å². The molecule has 1 saturated heterocycles. The highest BCUT2D eigenvalue weighted by atomic mass is 32.1. The van der Waals surface area contributed by atoms with E-state index in [2.05, 4.69) is 15.6 Å². The first-order valence-electron chi connectivity index (χ1n) is 9.39. The molecule has 1 aromatic heterocycles. The average Bonchev–Trinajstić information content (AvgIpc) is 3.17. The van der Waals surface area contributed by atoms with Gasteiger partial charge in [-0.25, -0.2) is 4.98 Å². The first-order chi connectivity index (χ1) is 11.4. The summed E-state index contributed by atoms with van der Waals surface area (Å²) in [5.74, 6) is 0.871. The van der Waals surface area contributed by atoms with Crippen LogP contribution >= 0.6 is 11.3 Å². The van der Waals surface area contributed by atoms with Gasteiger partial charge in [0, 0.05) is 35.8 Å². The van der Waals surface area contributed by atoms with Crippen LogP contribution in [0.1, 0.15) is 75.9 Å². The van der Waals surface area contributed by atoms with Gasteiger partial charge < -0.3 is 5.32 Å². The van der Waals surface area contributed by atoms with Gasteiger partial charge in [-0.2, -0.15) is 0 Å². The number of amides is 1. The van der Waals surface area contributed by atoms with Crippen LogP contribution in [-0.4, -0.2) is 34.9 Å². The number of nitrogens with one attached hydrogen (secondary N) is 1. The van der Waals surface area contributed by atoms with Crippen molar-refractivity contribution >= 4 is 17.2 Å². The van der Waals surface area contributed by atoms with Gasteiger partial charge in [0.05, 0.1) is 10.7 Å². The predicted molar refractivity (Wildman–Crippen MR) is 99.2 cm³/mol. The van der Waals surface area contributed by atoms with Crippen LogP contribution in [0.5, 0.6) is 0 Å². The van der Waals surface area contributed by atoms with Gasteiger partial charge in [0.15, 0.2) is 0 Å². The summed E-state index contributed by atoms with van der Waals surface area (Å²) in [6.45, 7) is 8.90. The lowest BCUT2D eigenvalue weighted by molar-refractivity contribution is -0.129. The number of thiazole rings is 1. The Kier molecular flexibility index (Phi) is 5.60. The average molecular weight is 350 g/mol. The van der Waals surface area contributed by atoms with E-state index < -0.39 is 0 Å². The van der Waals surface area contributed by atoms with Gasteiger partial charge in [-0.1, -0.05) is 33.6 Å². The number of carbonyl (C=O) groups excluding carboxylic acids is 1. The molecule has 0 aromatic carbocycles. The molecule has 1 saturated carbocycles. The largest absolute Gasteiger partial charge is 0.352 e.